The normalized spacial score (nSPS) is 17.4. The monoisotopic (exact) mass is 346 g/mol. The molecule has 0 spiro atoms. The van der Waals surface area contributed by atoms with E-state index in [0.29, 0.717) is 11.1 Å². The second-order valence-corrected chi connectivity index (χ2v) is 6.25. The Bertz CT molecular complexity index is 1050. The molecule has 1 unspecified atom stereocenters. The number of nitriles is 4. The summed E-state index contributed by atoms with van der Waals surface area (Å²) >= 11 is 0. The highest BCUT2D eigenvalue weighted by atomic mass is 14.5. The van der Waals surface area contributed by atoms with E-state index < -0.39 is 11.3 Å². The van der Waals surface area contributed by atoms with Gasteiger partial charge in [-0.25, -0.2) is 0 Å². The van der Waals surface area contributed by atoms with Gasteiger partial charge in [-0.1, -0.05) is 66.7 Å². The van der Waals surface area contributed by atoms with Crippen molar-refractivity contribution in [2.45, 2.75) is 12.3 Å². The second kappa shape index (κ2) is 7.41. The van der Waals surface area contributed by atoms with Crippen molar-refractivity contribution in [1.82, 2.24) is 0 Å². The highest BCUT2D eigenvalue weighted by molar-refractivity contribution is 5.81. The van der Waals surface area contributed by atoms with Crippen molar-refractivity contribution >= 4 is 5.57 Å². The van der Waals surface area contributed by atoms with Crippen molar-refractivity contribution in [1.29, 1.82) is 21.0 Å². The molecule has 1 aliphatic rings. The van der Waals surface area contributed by atoms with Crippen LogP contribution in [0, 0.1) is 50.7 Å². The van der Waals surface area contributed by atoms with E-state index in [9.17, 15) is 21.0 Å². The zero-order valence-electron chi connectivity index (χ0n) is 14.4. The van der Waals surface area contributed by atoms with Crippen LogP contribution in [0.2, 0.25) is 0 Å². The zero-order chi connectivity index (χ0) is 19.3. The molecule has 0 radical (unpaired) electrons. The molecular weight excluding hydrogens is 332 g/mol. The van der Waals surface area contributed by atoms with E-state index in [1.807, 2.05) is 72.8 Å². The van der Waals surface area contributed by atoms with Crippen molar-refractivity contribution in [3.8, 4) is 24.3 Å². The molecule has 0 saturated heterocycles. The van der Waals surface area contributed by atoms with Crippen LogP contribution in [0.3, 0.4) is 0 Å². The Kier molecular flexibility index (Phi) is 4.86. The number of hydrogen-bond acceptors (Lipinski definition) is 4. The maximum absolute atomic E-state index is 10.1. The number of rotatable bonds is 2. The maximum atomic E-state index is 10.1. The van der Waals surface area contributed by atoms with E-state index in [-0.39, 0.29) is 12.0 Å². The molecule has 126 valence electrons. The van der Waals surface area contributed by atoms with Gasteiger partial charge in [-0.3, -0.25) is 0 Å². The van der Waals surface area contributed by atoms with Crippen LogP contribution in [0.1, 0.15) is 23.5 Å². The van der Waals surface area contributed by atoms with E-state index in [2.05, 4.69) is 12.1 Å². The predicted molar refractivity (Wildman–Crippen MR) is 100 cm³/mol. The van der Waals surface area contributed by atoms with Crippen molar-refractivity contribution in [3.05, 3.63) is 89.0 Å². The highest BCUT2D eigenvalue weighted by Crippen LogP contribution is 2.53. The smallest absolute Gasteiger partial charge is 0.176 e. The molecule has 0 aliphatic heterocycles. The molecule has 0 aromatic heterocycles. The van der Waals surface area contributed by atoms with Crippen molar-refractivity contribution in [3.63, 3.8) is 0 Å². The molecule has 0 N–H and O–H groups in total. The Morgan fingerprint density at radius 1 is 0.815 bits per heavy atom. The Hall–Kier alpha value is -4.12. The van der Waals surface area contributed by atoms with Crippen LogP contribution in [0.5, 0.6) is 0 Å². The average molecular weight is 346 g/mol. The second-order valence-electron chi connectivity index (χ2n) is 6.25. The Morgan fingerprint density at radius 3 is 1.89 bits per heavy atom. The fourth-order valence-electron chi connectivity index (χ4n) is 3.53. The quantitative estimate of drug-likeness (QED) is 0.740. The van der Waals surface area contributed by atoms with E-state index in [4.69, 9.17) is 0 Å². The summed E-state index contributed by atoms with van der Waals surface area (Å²) in [7, 11) is 0. The van der Waals surface area contributed by atoms with E-state index in [1.165, 1.54) is 0 Å². The van der Waals surface area contributed by atoms with Gasteiger partial charge in [0.1, 0.15) is 17.7 Å². The van der Waals surface area contributed by atoms with Crippen molar-refractivity contribution < 1.29 is 0 Å². The van der Waals surface area contributed by atoms with Gasteiger partial charge in [0.05, 0.1) is 12.1 Å². The summed E-state index contributed by atoms with van der Waals surface area (Å²) < 4.78 is 0. The van der Waals surface area contributed by atoms with E-state index in [1.54, 1.807) is 6.08 Å². The van der Waals surface area contributed by atoms with Gasteiger partial charge < -0.3 is 0 Å². The molecule has 3 rings (SSSR count). The number of hydrogen-bond donors (Lipinski definition) is 0. The molecule has 0 fully saturated rings. The summed E-state index contributed by atoms with van der Waals surface area (Å²) in [5.41, 5.74) is 1.22. The number of allylic oxidation sites excluding steroid dienone is 4. The summed E-state index contributed by atoms with van der Waals surface area (Å²) in [6, 6.07) is 26.9. The van der Waals surface area contributed by atoms with Gasteiger partial charge in [0, 0.05) is 5.92 Å². The predicted octanol–water partition coefficient (Wildman–Crippen LogP) is 4.63. The van der Waals surface area contributed by atoms with Crippen LogP contribution in [-0.2, 0) is 0 Å². The summed E-state index contributed by atoms with van der Waals surface area (Å²) in [5, 5.41) is 38.9. The van der Waals surface area contributed by atoms with Crippen LogP contribution in [-0.4, -0.2) is 0 Å². The first-order valence-corrected chi connectivity index (χ1v) is 8.38. The average Bonchev–Trinajstić information content (AvgIpc) is 2.75. The minimum atomic E-state index is -1.41. The van der Waals surface area contributed by atoms with Crippen LogP contribution in [0.15, 0.2) is 77.9 Å². The van der Waals surface area contributed by atoms with Crippen molar-refractivity contribution in [2.24, 2.45) is 5.41 Å². The lowest BCUT2D eigenvalue weighted by atomic mass is 9.61. The largest absolute Gasteiger partial charge is 0.196 e. The summed E-state index contributed by atoms with van der Waals surface area (Å²) in [4.78, 5) is 0. The SMILES string of the molecule is N#CC(C#N)=C1C=C(c2ccccc2)C(C#N)(C#N)C(c2ccccc2)C1. The van der Waals surface area contributed by atoms with Gasteiger partial charge >= 0.3 is 0 Å². The molecule has 0 saturated carbocycles. The van der Waals surface area contributed by atoms with Crippen LogP contribution in [0.25, 0.3) is 5.57 Å². The van der Waals surface area contributed by atoms with Gasteiger partial charge in [0.15, 0.2) is 5.41 Å². The fourth-order valence-corrected chi connectivity index (χ4v) is 3.53. The van der Waals surface area contributed by atoms with Gasteiger partial charge in [-0.05, 0) is 28.7 Å². The molecule has 1 atom stereocenters. The molecule has 0 heterocycles. The third kappa shape index (κ3) is 2.98. The standard InChI is InChI=1S/C23H14N4/c24-13-20(14-25)19-11-21(17-7-3-1-4-8-17)23(15-26,16-27)22(12-19)18-9-5-2-6-10-18/h1-11,22H,12H2. The van der Waals surface area contributed by atoms with Crippen molar-refractivity contribution in [2.75, 3.05) is 0 Å². The lowest BCUT2D eigenvalue weighted by molar-refractivity contribution is 0.500. The third-order valence-corrected chi connectivity index (χ3v) is 4.87. The van der Waals surface area contributed by atoms with Gasteiger partial charge in [0.25, 0.3) is 0 Å². The minimum Gasteiger partial charge on any atom is -0.196 e. The third-order valence-electron chi connectivity index (χ3n) is 4.87. The first kappa shape index (κ1) is 17.7. The summed E-state index contributed by atoms with van der Waals surface area (Å²) in [6.45, 7) is 0. The maximum Gasteiger partial charge on any atom is 0.176 e. The lowest BCUT2D eigenvalue weighted by Crippen LogP contribution is -2.31. The topological polar surface area (TPSA) is 95.2 Å². The van der Waals surface area contributed by atoms with Gasteiger partial charge in [-0.2, -0.15) is 21.0 Å². The molecule has 2 aromatic rings. The molecular formula is C23H14N4. The summed E-state index contributed by atoms with van der Waals surface area (Å²) in [5.74, 6) is -0.486. The fraction of sp³-hybridized carbons (Fsp3) is 0.130. The Balaban J connectivity index is 2.36. The van der Waals surface area contributed by atoms with E-state index >= 15 is 0 Å². The van der Waals surface area contributed by atoms with E-state index in [0.717, 1.165) is 11.1 Å². The van der Waals surface area contributed by atoms with Crippen LogP contribution >= 0.6 is 0 Å². The molecule has 4 heteroatoms. The Morgan fingerprint density at radius 2 is 1.37 bits per heavy atom. The van der Waals surface area contributed by atoms with Gasteiger partial charge in [-0.15, -0.1) is 0 Å². The zero-order valence-corrected chi connectivity index (χ0v) is 14.4. The molecule has 4 nitrogen and oxygen atoms in total. The first-order valence-electron chi connectivity index (χ1n) is 8.38. The van der Waals surface area contributed by atoms with Gasteiger partial charge in [0.2, 0.25) is 0 Å². The first-order chi connectivity index (χ1) is 13.2. The minimum absolute atomic E-state index is 0.00819. The molecule has 0 bridgehead atoms. The lowest BCUT2D eigenvalue weighted by Gasteiger charge is -2.36. The number of nitrogens with zero attached hydrogens (tertiary/aromatic N) is 4. The molecule has 27 heavy (non-hydrogen) atoms. The Labute approximate surface area is 158 Å². The van der Waals surface area contributed by atoms with Crippen LogP contribution < -0.4 is 0 Å². The highest BCUT2D eigenvalue weighted by Gasteiger charge is 2.47. The molecule has 1 aliphatic carbocycles. The molecule has 0 amide bonds. The van der Waals surface area contributed by atoms with Crippen LogP contribution in [0.4, 0.5) is 0 Å². The number of benzene rings is 2. The molecule has 2 aromatic carbocycles. The summed E-state index contributed by atoms with van der Waals surface area (Å²) in [6.07, 6.45) is 1.95.